The lowest BCUT2D eigenvalue weighted by Gasteiger charge is -2.12. The molecule has 0 radical (unpaired) electrons. The summed E-state index contributed by atoms with van der Waals surface area (Å²) in [7, 11) is 1.67. The van der Waals surface area contributed by atoms with Gasteiger partial charge in [-0.2, -0.15) is 0 Å². The van der Waals surface area contributed by atoms with Gasteiger partial charge in [0.2, 0.25) is 6.41 Å². The Hall–Kier alpha value is -1.02. The van der Waals surface area contributed by atoms with Crippen LogP contribution in [0.15, 0.2) is 18.2 Å². The van der Waals surface area contributed by atoms with Crippen LogP contribution < -0.4 is 4.90 Å². The molecular weight excluding hydrogens is 174 g/mol. The van der Waals surface area contributed by atoms with Gasteiger partial charge in [-0.25, -0.2) is 0 Å². The molecule has 0 aliphatic carbocycles. The molecule has 0 saturated carbocycles. The van der Waals surface area contributed by atoms with Crippen LogP contribution in [0.25, 0.3) is 0 Å². The zero-order chi connectivity index (χ0) is 9.14. The monoisotopic (exact) mass is 183 g/mol. The molecule has 0 bridgehead atoms. The molecule has 1 amide bonds. The predicted molar refractivity (Wildman–Crippen MR) is 50.7 cm³/mol. The summed E-state index contributed by atoms with van der Waals surface area (Å²) in [5.41, 5.74) is 1.82. The van der Waals surface area contributed by atoms with Crippen LogP contribution in [0.3, 0.4) is 0 Å². The lowest BCUT2D eigenvalue weighted by atomic mass is 10.2. The Morgan fingerprint density at radius 2 is 2.17 bits per heavy atom. The highest BCUT2D eigenvalue weighted by molar-refractivity contribution is 6.33. The van der Waals surface area contributed by atoms with Gasteiger partial charge in [-0.15, -0.1) is 0 Å². The van der Waals surface area contributed by atoms with Crippen molar-refractivity contribution in [1.82, 2.24) is 0 Å². The van der Waals surface area contributed by atoms with Gasteiger partial charge in [0.15, 0.2) is 0 Å². The van der Waals surface area contributed by atoms with Crippen LogP contribution in [0.4, 0.5) is 5.69 Å². The Morgan fingerprint density at radius 3 is 2.67 bits per heavy atom. The van der Waals surface area contributed by atoms with E-state index in [2.05, 4.69) is 0 Å². The standard InChI is InChI=1S/C9H10ClNO/c1-7-3-4-9(8(10)5-7)11(2)6-12/h3-6H,1-2H3. The Labute approximate surface area is 76.8 Å². The van der Waals surface area contributed by atoms with E-state index in [9.17, 15) is 4.79 Å². The molecule has 0 aliphatic rings. The number of halogens is 1. The van der Waals surface area contributed by atoms with Gasteiger partial charge in [-0.1, -0.05) is 17.7 Å². The van der Waals surface area contributed by atoms with Crippen molar-refractivity contribution in [3.63, 3.8) is 0 Å². The van der Waals surface area contributed by atoms with E-state index in [1.54, 1.807) is 7.05 Å². The molecule has 0 aromatic heterocycles. The minimum Gasteiger partial charge on any atom is -0.317 e. The second-order valence-electron chi connectivity index (χ2n) is 2.67. The maximum absolute atomic E-state index is 10.4. The van der Waals surface area contributed by atoms with Crippen LogP contribution in [0.1, 0.15) is 5.56 Å². The third kappa shape index (κ3) is 1.77. The Balaban J connectivity index is 3.09. The molecule has 64 valence electrons. The minimum atomic E-state index is 0.601. The lowest BCUT2D eigenvalue weighted by Crippen LogP contribution is -2.13. The van der Waals surface area contributed by atoms with Gasteiger partial charge >= 0.3 is 0 Å². The fourth-order valence-corrected chi connectivity index (χ4v) is 1.32. The Bertz CT molecular complexity index is 299. The van der Waals surface area contributed by atoms with E-state index < -0.39 is 0 Å². The van der Waals surface area contributed by atoms with Gasteiger partial charge in [0.05, 0.1) is 10.7 Å². The van der Waals surface area contributed by atoms with Crippen molar-refractivity contribution >= 4 is 23.7 Å². The van der Waals surface area contributed by atoms with E-state index in [4.69, 9.17) is 11.6 Å². The smallest absolute Gasteiger partial charge is 0.213 e. The number of rotatable bonds is 2. The highest BCUT2D eigenvalue weighted by Gasteiger charge is 2.03. The molecule has 1 aromatic rings. The van der Waals surface area contributed by atoms with Crippen LogP contribution >= 0.6 is 11.6 Å². The summed E-state index contributed by atoms with van der Waals surface area (Å²) in [6, 6.07) is 5.57. The van der Waals surface area contributed by atoms with Crippen molar-refractivity contribution < 1.29 is 4.79 Å². The number of nitrogens with zero attached hydrogens (tertiary/aromatic N) is 1. The number of hydrogen-bond donors (Lipinski definition) is 0. The summed E-state index contributed by atoms with van der Waals surface area (Å²) in [5.74, 6) is 0. The third-order valence-corrected chi connectivity index (χ3v) is 1.94. The number of carbonyl (C=O) groups excluding carboxylic acids is 1. The van der Waals surface area contributed by atoms with Gasteiger partial charge in [-0.05, 0) is 24.6 Å². The lowest BCUT2D eigenvalue weighted by molar-refractivity contribution is -0.107. The average Bonchev–Trinajstić information content (AvgIpc) is 2.03. The molecule has 1 aromatic carbocycles. The summed E-state index contributed by atoms with van der Waals surface area (Å²) in [5, 5.41) is 0.601. The maximum Gasteiger partial charge on any atom is 0.213 e. The number of amides is 1. The molecule has 0 aliphatic heterocycles. The molecule has 0 unspecified atom stereocenters. The van der Waals surface area contributed by atoms with Crippen LogP contribution in [-0.4, -0.2) is 13.5 Å². The molecule has 0 heterocycles. The zero-order valence-corrected chi connectivity index (χ0v) is 7.80. The van der Waals surface area contributed by atoms with E-state index in [1.165, 1.54) is 4.90 Å². The van der Waals surface area contributed by atoms with Crippen molar-refractivity contribution in [2.24, 2.45) is 0 Å². The van der Waals surface area contributed by atoms with Crippen molar-refractivity contribution in [1.29, 1.82) is 0 Å². The Morgan fingerprint density at radius 1 is 1.50 bits per heavy atom. The molecule has 3 heteroatoms. The summed E-state index contributed by atoms with van der Waals surface area (Å²) in [4.78, 5) is 11.9. The fraction of sp³-hybridized carbons (Fsp3) is 0.222. The van der Waals surface area contributed by atoms with Crippen LogP contribution in [-0.2, 0) is 4.79 Å². The number of aryl methyl sites for hydroxylation is 1. The van der Waals surface area contributed by atoms with Crippen LogP contribution in [0.2, 0.25) is 5.02 Å². The van der Waals surface area contributed by atoms with Crippen molar-refractivity contribution in [2.45, 2.75) is 6.92 Å². The van der Waals surface area contributed by atoms with Crippen molar-refractivity contribution in [2.75, 3.05) is 11.9 Å². The first-order valence-electron chi connectivity index (χ1n) is 3.59. The second kappa shape index (κ2) is 3.59. The summed E-state index contributed by atoms with van der Waals surface area (Å²) in [6.45, 7) is 1.95. The maximum atomic E-state index is 10.4. The normalized spacial score (nSPS) is 9.58. The summed E-state index contributed by atoms with van der Waals surface area (Å²) in [6.07, 6.45) is 0.733. The molecule has 0 saturated heterocycles. The second-order valence-corrected chi connectivity index (χ2v) is 3.08. The van der Waals surface area contributed by atoms with E-state index in [1.807, 2.05) is 25.1 Å². The largest absolute Gasteiger partial charge is 0.317 e. The SMILES string of the molecule is Cc1ccc(N(C)C=O)c(Cl)c1. The molecule has 12 heavy (non-hydrogen) atoms. The molecule has 0 spiro atoms. The quantitative estimate of drug-likeness (QED) is 0.644. The van der Waals surface area contributed by atoms with Crippen LogP contribution in [0, 0.1) is 6.92 Å². The van der Waals surface area contributed by atoms with Gasteiger partial charge in [-0.3, -0.25) is 4.79 Å². The number of benzene rings is 1. The van der Waals surface area contributed by atoms with Gasteiger partial charge < -0.3 is 4.90 Å². The van der Waals surface area contributed by atoms with Gasteiger partial charge in [0.25, 0.3) is 0 Å². The van der Waals surface area contributed by atoms with Crippen LogP contribution in [0.5, 0.6) is 0 Å². The fourth-order valence-electron chi connectivity index (χ4n) is 0.955. The number of carbonyl (C=O) groups is 1. The van der Waals surface area contributed by atoms with E-state index in [-0.39, 0.29) is 0 Å². The molecule has 0 fully saturated rings. The number of anilines is 1. The molecule has 2 nitrogen and oxygen atoms in total. The first-order valence-corrected chi connectivity index (χ1v) is 3.97. The summed E-state index contributed by atoms with van der Waals surface area (Å²) >= 11 is 5.90. The highest BCUT2D eigenvalue weighted by atomic mass is 35.5. The Kier molecular flexibility index (Phi) is 2.71. The zero-order valence-electron chi connectivity index (χ0n) is 7.04. The minimum absolute atomic E-state index is 0.601. The van der Waals surface area contributed by atoms with Crippen molar-refractivity contribution in [3.05, 3.63) is 28.8 Å². The molecule has 0 N–H and O–H groups in total. The summed E-state index contributed by atoms with van der Waals surface area (Å²) < 4.78 is 0. The highest BCUT2D eigenvalue weighted by Crippen LogP contribution is 2.24. The average molecular weight is 184 g/mol. The first kappa shape index (κ1) is 9.07. The molecule has 1 rings (SSSR count). The first-order chi connectivity index (χ1) is 5.65. The van der Waals surface area contributed by atoms with Gasteiger partial charge in [0, 0.05) is 7.05 Å². The number of hydrogen-bond acceptors (Lipinski definition) is 1. The van der Waals surface area contributed by atoms with E-state index >= 15 is 0 Å². The molecular formula is C9H10ClNO. The van der Waals surface area contributed by atoms with Gasteiger partial charge in [0.1, 0.15) is 0 Å². The predicted octanol–water partition coefficient (Wildman–Crippen LogP) is 2.24. The van der Waals surface area contributed by atoms with Crippen molar-refractivity contribution in [3.8, 4) is 0 Å². The third-order valence-electron chi connectivity index (χ3n) is 1.64. The van der Waals surface area contributed by atoms with E-state index in [0.29, 0.717) is 5.02 Å². The molecule has 0 atom stereocenters. The van der Waals surface area contributed by atoms with E-state index in [0.717, 1.165) is 17.7 Å². The topological polar surface area (TPSA) is 20.3 Å².